The second kappa shape index (κ2) is 5.38. The summed E-state index contributed by atoms with van der Waals surface area (Å²) in [5, 5.41) is 7.42. The van der Waals surface area contributed by atoms with E-state index >= 15 is 0 Å². The number of aryl methyl sites for hydroxylation is 1. The highest BCUT2D eigenvalue weighted by Crippen LogP contribution is 2.25. The van der Waals surface area contributed by atoms with E-state index < -0.39 is 0 Å². The molecule has 0 saturated carbocycles. The highest BCUT2D eigenvalue weighted by Gasteiger charge is 2.10. The third-order valence-corrected chi connectivity index (χ3v) is 3.51. The average molecular weight is 286 g/mol. The maximum Gasteiger partial charge on any atom is 0.173 e. The van der Waals surface area contributed by atoms with Crippen LogP contribution in [0.4, 0.5) is 5.82 Å². The molecule has 0 radical (unpaired) electrons. The molecule has 0 aromatic carbocycles. The second-order valence-electron chi connectivity index (χ2n) is 4.26. The summed E-state index contributed by atoms with van der Waals surface area (Å²) >= 11 is 1.53. The van der Waals surface area contributed by atoms with Crippen molar-refractivity contribution in [3.8, 4) is 22.0 Å². The smallest absolute Gasteiger partial charge is 0.173 e. The van der Waals surface area contributed by atoms with Crippen LogP contribution in [0.1, 0.15) is 6.92 Å². The molecule has 0 aliphatic heterocycles. The van der Waals surface area contributed by atoms with Crippen LogP contribution in [0.5, 0.6) is 0 Å². The molecule has 102 valence electrons. The van der Waals surface area contributed by atoms with Crippen LogP contribution in [0.2, 0.25) is 0 Å². The SMILES string of the molecule is CCNc1cc(-c2cnn(C)c2)nc(-c2cncs2)n1. The second-order valence-corrected chi connectivity index (χ2v) is 5.15. The van der Waals surface area contributed by atoms with Crippen LogP contribution in [0, 0.1) is 0 Å². The Balaban J connectivity index is 2.09. The fraction of sp³-hybridized carbons (Fsp3) is 0.231. The van der Waals surface area contributed by atoms with Crippen molar-refractivity contribution in [3.63, 3.8) is 0 Å². The summed E-state index contributed by atoms with van der Waals surface area (Å²) in [6, 6.07) is 1.94. The third kappa shape index (κ3) is 2.53. The third-order valence-electron chi connectivity index (χ3n) is 2.74. The van der Waals surface area contributed by atoms with Crippen molar-refractivity contribution in [2.45, 2.75) is 6.92 Å². The number of rotatable bonds is 4. The van der Waals surface area contributed by atoms with Gasteiger partial charge in [-0.15, -0.1) is 11.3 Å². The summed E-state index contributed by atoms with van der Waals surface area (Å²) in [6.07, 6.45) is 5.52. The van der Waals surface area contributed by atoms with E-state index in [4.69, 9.17) is 0 Å². The van der Waals surface area contributed by atoms with Gasteiger partial charge in [-0.25, -0.2) is 9.97 Å². The van der Waals surface area contributed by atoms with Crippen molar-refractivity contribution < 1.29 is 0 Å². The molecule has 3 rings (SSSR count). The molecule has 0 spiro atoms. The fourth-order valence-electron chi connectivity index (χ4n) is 1.86. The molecular formula is C13H14N6S. The van der Waals surface area contributed by atoms with Gasteiger partial charge in [0, 0.05) is 37.6 Å². The van der Waals surface area contributed by atoms with Crippen LogP contribution in [0.3, 0.4) is 0 Å². The molecule has 0 aliphatic rings. The standard InChI is InChI=1S/C13H14N6S/c1-3-15-12-4-10(9-5-16-19(2)7-9)17-13(18-12)11-6-14-8-20-11/h4-8H,3H2,1-2H3,(H,15,17,18). The summed E-state index contributed by atoms with van der Waals surface area (Å²) in [6.45, 7) is 2.85. The van der Waals surface area contributed by atoms with Crippen molar-refractivity contribution in [1.82, 2.24) is 24.7 Å². The van der Waals surface area contributed by atoms with E-state index in [2.05, 4.69) is 25.4 Å². The van der Waals surface area contributed by atoms with Crippen molar-refractivity contribution in [2.24, 2.45) is 7.05 Å². The van der Waals surface area contributed by atoms with E-state index in [9.17, 15) is 0 Å². The summed E-state index contributed by atoms with van der Waals surface area (Å²) < 4.78 is 1.76. The minimum Gasteiger partial charge on any atom is -0.370 e. The van der Waals surface area contributed by atoms with Crippen LogP contribution < -0.4 is 5.32 Å². The quantitative estimate of drug-likeness (QED) is 0.797. The molecule has 0 saturated heterocycles. The van der Waals surface area contributed by atoms with Crippen LogP contribution >= 0.6 is 11.3 Å². The van der Waals surface area contributed by atoms with Crippen molar-refractivity contribution in [3.05, 3.63) is 30.2 Å². The highest BCUT2D eigenvalue weighted by molar-refractivity contribution is 7.13. The first-order valence-corrected chi connectivity index (χ1v) is 7.15. The monoisotopic (exact) mass is 286 g/mol. The number of nitrogens with zero attached hydrogens (tertiary/aromatic N) is 5. The van der Waals surface area contributed by atoms with Crippen LogP contribution in [-0.2, 0) is 7.05 Å². The van der Waals surface area contributed by atoms with Gasteiger partial charge in [-0.2, -0.15) is 5.10 Å². The lowest BCUT2D eigenvalue weighted by molar-refractivity contribution is 0.768. The van der Waals surface area contributed by atoms with E-state index in [0.717, 1.165) is 28.5 Å². The molecule has 0 unspecified atom stereocenters. The first kappa shape index (κ1) is 12.7. The minimum absolute atomic E-state index is 0.685. The lowest BCUT2D eigenvalue weighted by Crippen LogP contribution is -2.02. The van der Waals surface area contributed by atoms with E-state index in [1.165, 1.54) is 11.3 Å². The Morgan fingerprint density at radius 1 is 1.30 bits per heavy atom. The number of anilines is 1. The Bertz CT molecular complexity index is 703. The summed E-state index contributed by atoms with van der Waals surface area (Å²) in [5.74, 6) is 1.49. The predicted molar refractivity (Wildman–Crippen MR) is 79.5 cm³/mol. The zero-order chi connectivity index (χ0) is 13.9. The number of hydrogen-bond donors (Lipinski definition) is 1. The Morgan fingerprint density at radius 3 is 2.85 bits per heavy atom. The Hall–Kier alpha value is -2.28. The summed E-state index contributed by atoms with van der Waals surface area (Å²) in [7, 11) is 1.89. The van der Waals surface area contributed by atoms with Crippen LogP contribution in [0.25, 0.3) is 22.0 Å². The lowest BCUT2D eigenvalue weighted by atomic mass is 10.2. The molecule has 0 atom stereocenters. The van der Waals surface area contributed by atoms with Crippen LogP contribution in [-0.4, -0.2) is 31.3 Å². The fourth-order valence-corrected chi connectivity index (χ4v) is 2.41. The minimum atomic E-state index is 0.685. The number of hydrogen-bond acceptors (Lipinski definition) is 6. The van der Waals surface area contributed by atoms with Gasteiger partial charge in [-0.3, -0.25) is 9.67 Å². The van der Waals surface area contributed by atoms with E-state index in [-0.39, 0.29) is 0 Å². The molecule has 7 heteroatoms. The van der Waals surface area contributed by atoms with Gasteiger partial charge in [-0.1, -0.05) is 0 Å². The molecule has 3 aromatic rings. The Kier molecular flexibility index (Phi) is 3.42. The predicted octanol–water partition coefficient (Wildman–Crippen LogP) is 2.43. The van der Waals surface area contributed by atoms with Crippen molar-refractivity contribution in [1.29, 1.82) is 0 Å². The van der Waals surface area contributed by atoms with Crippen molar-refractivity contribution >= 4 is 17.2 Å². The molecule has 1 N–H and O–H groups in total. The largest absolute Gasteiger partial charge is 0.370 e. The molecule has 3 heterocycles. The van der Waals surface area contributed by atoms with Crippen molar-refractivity contribution in [2.75, 3.05) is 11.9 Å². The summed E-state index contributed by atoms with van der Waals surface area (Å²) in [5.41, 5.74) is 3.61. The molecule has 20 heavy (non-hydrogen) atoms. The normalized spacial score (nSPS) is 10.7. The maximum atomic E-state index is 4.61. The molecule has 0 fully saturated rings. The Labute approximate surface area is 120 Å². The zero-order valence-corrected chi connectivity index (χ0v) is 12.1. The van der Waals surface area contributed by atoms with Gasteiger partial charge in [0.1, 0.15) is 5.82 Å². The molecule has 0 amide bonds. The van der Waals surface area contributed by atoms with Gasteiger partial charge in [0.25, 0.3) is 0 Å². The lowest BCUT2D eigenvalue weighted by Gasteiger charge is -2.06. The molecular weight excluding hydrogens is 272 g/mol. The first-order valence-electron chi connectivity index (χ1n) is 6.27. The van der Waals surface area contributed by atoms with Gasteiger partial charge in [0.15, 0.2) is 5.82 Å². The van der Waals surface area contributed by atoms with Gasteiger partial charge < -0.3 is 5.32 Å². The molecule has 6 nitrogen and oxygen atoms in total. The molecule has 0 aliphatic carbocycles. The highest BCUT2D eigenvalue weighted by atomic mass is 32.1. The molecule has 0 bridgehead atoms. The first-order chi connectivity index (χ1) is 9.76. The number of nitrogens with one attached hydrogen (secondary N) is 1. The Morgan fingerprint density at radius 2 is 2.20 bits per heavy atom. The zero-order valence-electron chi connectivity index (χ0n) is 11.2. The van der Waals surface area contributed by atoms with Crippen LogP contribution in [0.15, 0.2) is 30.2 Å². The van der Waals surface area contributed by atoms with E-state index in [1.807, 2.05) is 26.2 Å². The van der Waals surface area contributed by atoms with Gasteiger partial charge in [0.2, 0.25) is 0 Å². The summed E-state index contributed by atoms with van der Waals surface area (Å²) in [4.78, 5) is 14.2. The van der Waals surface area contributed by atoms with Gasteiger partial charge in [-0.05, 0) is 6.92 Å². The average Bonchev–Trinajstić information content (AvgIpc) is 3.09. The number of thiazole rings is 1. The topological polar surface area (TPSA) is 68.5 Å². The van der Waals surface area contributed by atoms with E-state index in [0.29, 0.717) is 5.82 Å². The van der Waals surface area contributed by atoms with E-state index in [1.54, 1.807) is 22.6 Å². The number of aromatic nitrogens is 5. The van der Waals surface area contributed by atoms with Gasteiger partial charge >= 0.3 is 0 Å². The van der Waals surface area contributed by atoms with Gasteiger partial charge in [0.05, 0.1) is 22.3 Å². The maximum absolute atomic E-state index is 4.61. The molecule has 3 aromatic heterocycles.